The second-order valence-corrected chi connectivity index (χ2v) is 10.5. The predicted molar refractivity (Wildman–Crippen MR) is 115 cm³/mol. The number of rotatable bonds is 5. The normalized spacial score (nSPS) is 14.0. The summed E-state index contributed by atoms with van der Waals surface area (Å²) in [6.07, 6.45) is 0.162. The molecule has 3 heteroatoms. The Bertz CT molecular complexity index is 903. The number of aryl methyl sites for hydroxylation is 3. The molecular weight excluding hydrogens is 351 g/mol. The molecule has 3 rings (SSSR count). The van der Waals surface area contributed by atoms with Crippen molar-refractivity contribution in [1.29, 1.82) is 0 Å². The molecule has 140 valence electrons. The fraction of sp³-hybridized carbons (Fsp3) is 0.250. The Hall–Kier alpha value is -2.15. The lowest BCUT2D eigenvalue weighted by Gasteiger charge is -2.30. The Morgan fingerprint density at radius 2 is 1.04 bits per heavy atom. The van der Waals surface area contributed by atoms with Crippen LogP contribution < -0.4 is 10.6 Å². The quantitative estimate of drug-likeness (QED) is 0.646. The third kappa shape index (κ3) is 4.24. The predicted octanol–water partition coefficient (Wildman–Crippen LogP) is 4.83. The lowest BCUT2D eigenvalue weighted by atomic mass is 9.97. The average Bonchev–Trinajstić information content (AvgIpc) is 2.62. The van der Waals surface area contributed by atoms with Crippen LogP contribution in [0.25, 0.3) is 0 Å². The number of hydrogen-bond donors (Lipinski definition) is 1. The van der Waals surface area contributed by atoms with Gasteiger partial charge in [0, 0.05) is 16.8 Å². The van der Waals surface area contributed by atoms with Gasteiger partial charge in [-0.1, -0.05) is 89.5 Å². The number of benzene rings is 3. The molecule has 0 bridgehead atoms. The Labute approximate surface area is 162 Å². The van der Waals surface area contributed by atoms with Crippen LogP contribution in [0.2, 0.25) is 0 Å². The maximum Gasteiger partial charge on any atom is 0.146 e. The van der Waals surface area contributed by atoms with Crippen molar-refractivity contribution >= 4 is 17.8 Å². The molecule has 1 unspecified atom stereocenters. The van der Waals surface area contributed by atoms with Gasteiger partial charge in [-0.25, -0.2) is 0 Å². The minimum absolute atomic E-state index is 0.162. The van der Waals surface area contributed by atoms with Crippen LogP contribution in [0.5, 0.6) is 0 Å². The summed E-state index contributed by atoms with van der Waals surface area (Å²) in [4.78, 5) is 0. The molecule has 1 atom stereocenters. The molecule has 0 amide bonds. The minimum atomic E-state index is -3.01. The van der Waals surface area contributed by atoms with Crippen molar-refractivity contribution in [3.05, 3.63) is 95.1 Å². The van der Waals surface area contributed by atoms with E-state index in [4.69, 9.17) is 0 Å². The maximum absolute atomic E-state index is 14.3. The first kappa shape index (κ1) is 19.6. The van der Waals surface area contributed by atoms with E-state index in [0.717, 1.165) is 32.9 Å². The zero-order valence-corrected chi connectivity index (χ0v) is 17.3. The van der Waals surface area contributed by atoms with Crippen LogP contribution in [0.1, 0.15) is 29.2 Å². The largest absolute Gasteiger partial charge is 0.385 e. The van der Waals surface area contributed by atoms with E-state index >= 15 is 0 Å². The van der Waals surface area contributed by atoms with E-state index in [1.165, 1.54) is 0 Å². The highest BCUT2D eigenvalue weighted by Gasteiger charge is 2.37. The van der Waals surface area contributed by atoms with Gasteiger partial charge >= 0.3 is 0 Å². The Balaban J connectivity index is 2.09. The molecular formula is C24H27O2P. The van der Waals surface area contributed by atoms with E-state index in [1.807, 2.05) is 93.6 Å². The van der Waals surface area contributed by atoms with Crippen molar-refractivity contribution in [3.63, 3.8) is 0 Å². The summed E-state index contributed by atoms with van der Waals surface area (Å²) in [6, 6.07) is 23.5. The summed E-state index contributed by atoms with van der Waals surface area (Å²) in [5.41, 5.74) is 2.97. The van der Waals surface area contributed by atoms with Crippen molar-refractivity contribution in [1.82, 2.24) is 0 Å². The van der Waals surface area contributed by atoms with Crippen LogP contribution >= 0.6 is 7.14 Å². The van der Waals surface area contributed by atoms with Crippen LogP contribution in [0.15, 0.2) is 72.8 Å². The van der Waals surface area contributed by atoms with Gasteiger partial charge in [-0.2, -0.15) is 0 Å². The summed E-state index contributed by atoms with van der Waals surface area (Å²) in [6.45, 7) is 7.81. The Kier molecular flexibility index (Phi) is 5.42. The molecule has 0 aromatic heterocycles. The molecule has 2 nitrogen and oxygen atoms in total. The Morgan fingerprint density at radius 3 is 1.41 bits per heavy atom. The van der Waals surface area contributed by atoms with E-state index in [9.17, 15) is 9.67 Å². The summed E-state index contributed by atoms with van der Waals surface area (Å²) in [5.74, 6) is 0. The molecule has 3 aromatic rings. The molecule has 1 N–H and O–H groups in total. The van der Waals surface area contributed by atoms with E-state index < -0.39 is 12.7 Å². The molecule has 0 fully saturated rings. The summed E-state index contributed by atoms with van der Waals surface area (Å²) in [5, 5.41) is 12.8. The van der Waals surface area contributed by atoms with Gasteiger partial charge in [-0.3, -0.25) is 0 Å². The van der Waals surface area contributed by atoms with Crippen molar-refractivity contribution < 1.29 is 9.67 Å². The molecule has 0 heterocycles. The highest BCUT2D eigenvalue weighted by Crippen LogP contribution is 2.48. The van der Waals surface area contributed by atoms with E-state index in [2.05, 4.69) is 0 Å². The average molecular weight is 378 g/mol. The molecule has 0 spiro atoms. The molecule has 0 radical (unpaired) electrons. The SMILES string of the molecule is Cc1ccc(C(C)(O)CP(=O)(c2ccc(C)cc2)c2ccc(C)cc2)cc1. The van der Waals surface area contributed by atoms with Gasteiger partial charge in [0.05, 0.1) is 5.60 Å². The van der Waals surface area contributed by atoms with Gasteiger partial charge in [0.1, 0.15) is 7.14 Å². The van der Waals surface area contributed by atoms with Gasteiger partial charge < -0.3 is 9.67 Å². The summed E-state index contributed by atoms with van der Waals surface area (Å²) < 4.78 is 14.3. The van der Waals surface area contributed by atoms with Crippen molar-refractivity contribution in [3.8, 4) is 0 Å². The zero-order valence-electron chi connectivity index (χ0n) is 16.4. The van der Waals surface area contributed by atoms with Crippen LogP contribution in [-0.4, -0.2) is 11.3 Å². The third-order valence-electron chi connectivity index (χ3n) is 5.11. The van der Waals surface area contributed by atoms with Gasteiger partial charge in [-0.05, 0) is 33.3 Å². The number of hydrogen-bond acceptors (Lipinski definition) is 2. The standard InChI is InChI=1S/C24H27O2P/c1-18-5-11-21(12-6-18)24(4,25)17-27(26,22-13-7-19(2)8-14-22)23-15-9-20(3)10-16-23/h5-16,25H,17H2,1-4H3. The second-order valence-electron chi connectivity index (χ2n) is 7.71. The minimum Gasteiger partial charge on any atom is -0.385 e. The number of aliphatic hydroxyl groups is 1. The van der Waals surface area contributed by atoms with Gasteiger partial charge in [0.25, 0.3) is 0 Å². The van der Waals surface area contributed by atoms with Crippen molar-refractivity contribution in [2.75, 3.05) is 6.16 Å². The van der Waals surface area contributed by atoms with E-state index in [-0.39, 0.29) is 6.16 Å². The van der Waals surface area contributed by atoms with Gasteiger partial charge in [0.2, 0.25) is 0 Å². The van der Waals surface area contributed by atoms with Crippen LogP contribution in [-0.2, 0) is 10.2 Å². The van der Waals surface area contributed by atoms with E-state index in [1.54, 1.807) is 6.92 Å². The Morgan fingerprint density at radius 1 is 0.704 bits per heavy atom. The maximum atomic E-state index is 14.3. The highest BCUT2D eigenvalue weighted by molar-refractivity contribution is 7.78. The zero-order chi connectivity index (χ0) is 19.7. The van der Waals surface area contributed by atoms with Crippen LogP contribution in [0, 0.1) is 20.8 Å². The molecule has 3 aromatic carbocycles. The topological polar surface area (TPSA) is 37.3 Å². The summed E-state index contributed by atoms with van der Waals surface area (Å²) in [7, 11) is -3.01. The second kappa shape index (κ2) is 7.46. The van der Waals surface area contributed by atoms with Crippen molar-refractivity contribution in [2.24, 2.45) is 0 Å². The van der Waals surface area contributed by atoms with Crippen LogP contribution in [0.4, 0.5) is 0 Å². The van der Waals surface area contributed by atoms with Gasteiger partial charge in [-0.15, -0.1) is 0 Å². The van der Waals surface area contributed by atoms with E-state index in [0.29, 0.717) is 0 Å². The molecule has 0 saturated heterocycles. The fourth-order valence-corrected chi connectivity index (χ4v) is 6.31. The monoisotopic (exact) mass is 378 g/mol. The molecule has 0 aliphatic carbocycles. The first-order valence-corrected chi connectivity index (χ1v) is 11.1. The first-order chi connectivity index (χ1) is 12.7. The summed E-state index contributed by atoms with van der Waals surface area (Å²) >= 11 is 0. The lowest BCUT2D eigenvalue weighted by Crippen LogP contribution is -2.32. The molecule has 0 aliphatic rings. The molecule has 0 saturated carbocycles. The fourth-order valence-electron chi connectivity index (χ4n) is 3.34. The smallest absolute Gasteiger partial charge is 0.146 e. The molecule has 27 heavy (non-hydrogen) atoms. The van der Waals surface area contributed by atoms with Crippen LogP contribution in [0.3, 0.4) is 0 Å². The van der Waals surface area contributed by atoms with Crippen molar-refractivity contribution in [2.45, 2.75) is 33.3 Å². The van der Waals surface area contributed by atoms with Gasteiger partial charge in [0.15, 0.2) is 0 Å². The first-order valence-electron chi connectivity index (χ1n) is 9.24. The molecule has 0 aliphatic heterocycles. The third-order valence-corrected chi connectivity index (χ3v) is 8.43. The lowest BCUT2D eigenvalue weighted by molar-refractivity contribution is 0.0820. The highest BCUT2D eigenvalue weighted by atomic mass is 31.2.